The maximum absolute atomic E-state index is 12.1. The maximum atomic E-state index is 12.1. The van der Waals surface area contributed by atoms with Gasteiger partial charge in [-0.1, -0.05) is 0 Å². The van der Waals surface area contributed by atoms with Gasteiger partial charge >= 0.3 is 5.97 Å². The number of nitrogens with zero attached hydrogens (tertiary/aromatic N) is 2. The van der Waals surface area contributed by atoms with Crippen molar-refractivity contribution in [2.75, 3.05) is 12.4 Å². The van der Waals surface area contributed by atoms with Crippen LogP contribution in [0.3, 0.4) is 0 Å². The minimum Gasteiger partial charge on any atom is -0.469 e. The molecule has 1 saturated carbocycles. The average molecular weight is 273 g/mol. The van der Waals surface area contributed by atoms with E-state index < -0.39 is 30.8 Å². The molecule has 1 aliphatic carbocycles. The van der Waals surface area contributed by atoms with Gasteiger partial charge in [0.05, 0.1) is 30.8 Å². The van der Waals surface area contributed by atoms with E-state index in [-0.39, 0.29) is 5.91 Å². The summed E-state index contributed by atoms with van der Waals surface area (Å²) in [6, 6.07) is 0. The highest BCUT2D eigenvalue weighted by Crippen LogP contribution is 2.40. The number of ether oxygens (including phenoxy) is 1. The predicted molar refractivity (Wildman–Crippen MR) is 60.5 cm³/mol. The van der Waals surface area contributed by atoms with Crippen LogP contribution in [-0.2, 0) is 20.9 Å². The molecular formula is C11H13F2N3O3. The number of anilines is 1. The third kappa shape index (κ3) is 3.27. The molecule has 19 heavy (non-hydrogen) atoms. The molecule has 0 spiro atoms. The summed E-state index contributed by atoms with van der Waals surface area (Å²) >= 11 is 0. The lowest BCUT2D eigenvalue weighted by molar-refractivity contribution is -0.143. The molecule has 0 radical (unpaired) electrons. The summed E-state index contributed by atoms with van der Waals surface area (Å²) in [4.78, 5) is 22.9. The lowest BCUT2D eigenvalue weighted by Gasteiger charge is -2.01. The van der Waals surface area contributed by atoms with Gasteiger partial charge in [-0.3, -0.25) is 14.3 Å². The molecule has 0 aromatic carbocycles. The zero-order chi connectivity index (χ0) is 14.0. The summed E-state index contributed by atoms with van der Waals surface area (Å²) in [7, 11) is 1.27. The number of carbonyl (C=O) groups excluding carboxylic acids is 2. The molecule has 1 aromatic heterocycles. The SMILES string of the molecule is COC(=O)[C@@H]1C[C@@H]1C(=O)Nc1cnn(CC(F)F)c1. The second kappa shape index (κ2) is 5.33. The molecule has 0 unspecified atom stereocenters. The van der Waals surface area contributed by atoms with E-state index >= 15 is 0 Å². The molecule has 2 atom stereocenters. The molecule has 0 bridgehead atoms. The summed E-state index contributed by atoms with van der Waals surface area (Å²) in [6.45, 7) is -0.524. The van der Waals surface area contributed by atoms with Crippen LogP contribution in [0.1, 0.15) is 6.42 Å². The molecule has 2 rings (SSSR count). The highest BCUT2D eigenvalue weighted by molar-refractivity contribution is 5.98. The first kappa shape index (κ1) is 13.4. The van der Waals surface area contributed by atoms with Gasteiger partial charge in [0.2, 0.25) is 5.91 Å². The van der Waals surface area contributed by atoms with Crippen molar-refractivity contribution >= 4 is 17.6 Å². The minimum atomic E-state index is -2.50. The fourth-order valence-electron chi connectivity index (χ4n) is 1.80. The Balaban J connectivity index is 1.86. The van der Waals surface area contributed by atoms with E-state index in [0.29, 0.717) is 12.1 Å². The van der Waals surface area contributed by atoms with Crippen LogP contribution in [0.5, 0.6) is 0 Å². The van der Waals surface area contributed by atoms with Crippen molar-refractivity contribution in [1.82, 2.24) is 9.78 Å². The number of hydrogen-bond donors (Lipinski definition) is 1. The number of methoxy groups -OCH3 is 1. The van der Waals surface area contributed by atoms with Crippen molar-refractivity contribution < 1.29 is 23.1 Å². The van der Waals surface area contributed by atoms with Crippen LogP contribution in [0.2, 0.25) is 0 Å². The number of esters is 1. The fourth-order valence-corrected chi connectivity index (χ4v) is 1.80. The highest BCUT2D eigenvalue weighted by atomic mass is 19.3. The van der Waals surface area contributed by atoms with Crippen LogP contribution in [-0.4, -0.2) is 35.2 Å². The van der Waals surface area contributed by atoms with Crippen LogP contribution in [0, 0.1) is 11.8 Å². The van der Waals surface area contributed by atoms with E-state index in [4.69, 9.17) is 0 Å². The fraction of sp³-hybridized carbons (Fsp3) is 0.545. The Kier molecular flexibility index (Phi) is 3.77. The third-order valence-electron chi connectivity index (χ3n) is 2.86. The minimum absolute atomic E-state index is 0.327. The van der Waals surface area contributed by atoms with Gasteiger partial charge in [-0.2, -0.15) is 5.10 Å². The van der Waals surface area contributed by atoms with Gasteiger partial charge in [-0.25, -0.2) is 8.78 Å². The lowest BCUT2D eigenvalue weighted by Crippen LogP contribution is -2.17. The molecule has 0 aliphatic heterocycles. The Labute approximate surface area is 107 Å². The second-order valence-electron chi connectivity index (χ2n) is 4.30. The number of rotatable bonds is 5. The van der Waals surface area contributed by atoms with Crippen molar-refractivity contribution in [3.8, 4) is 0 Å². The number of alkyl halides is 2. The third-order valence-corrected chi connectivity index (χ3v) is 2.86. The van der Waals surface area contributed by atoms with E-state index in [2.05, 4.69) is 15.2 Å². The van der Waals surface area contributed by atoms with E-state index in [0.717, 1.165) is 4.68 Å². The molecule has 1 fully saturated rings. The normalized spacial score (nSPS) is 21.3. The van der Waals surface area contributed by atoms with E-state index in [1.54, 1.807) is 0 Å². The first-order chi connectivity index (χ1) is 9.01. The maximum Gasteiger partial charge on any atom is 0.309 e. The predicted octanol–water partition coefficient (Wildman–Crippen LogP) is 0.896. The molecule has 1 heterocycles. The van der Waals surface area contributed by atoms with Crippen LogP contribution in [0.25, 0.3) is 0 Å². The number of hydrogen-bond acceptors (Lipinski definition) is 4. The van der Waals surface area contributed by atoms with Gasteiger partial charge in [0, 0.05) is 6.20 Å². The van der Waals surface area contributed by atoms with E-state index in [1.807, 2.05) is 0 Å². The average Bonchev–Trinajstić information content (AvgIpc) is 3.05. The largest absolute Gasteiger partial charge is 0.469 e. The molecule has 1 amide bonds. The molecular weight excluding hydrogens is 260 g/mol. The Morgan fingerprint density at radius 2 is 2.32 bits per heavy atom. The molecule has 8 heteroatoms. The van der Waals surface area contributed by atoms with Gasteiger partial charge < -0.3 is 10.1 Å². The first-order valence-corrected chi connectivity index (χ1v) is 5.70. The Bertz CT molecular complexity index is 489. The molecule has 104 valence electrons. The molecule has 1 N–H and O–H groups in total. The van der Waals surface area contributed by atoms with E-state index in [1.165, 1.54) is 19.5 Å². The summed E-state index contributed by atoms with van der Waals surface area (Å²) < 4.78 is 29.8. The zero-order valence-corrected chi connectivity index (χ0v) is 10.2. The van der Waals surface area contributed by atoms with Crippen LogP contribution in [0.4, 0.5) is 14.5 Å². The quantitative estimate of drug-likeness (QED) is 0.809. The number of nitrogens with one attached hydrogen (secondary N) is 1. The van der Waals surface area contributed by atoms with Gasteiger partial charge in [0.15, 0.2) is 0 Å². The van der Waals surface area contributed by atoms with Crippen molar-refractivity contribution in [2.45, 2.75) is 19.4 Å². The van der Waals surface area contributed by atoms with Crippen molar-refractivity contribution in [1.29, 1.82) is 0 Å². The monoisotopic (exact) mass is 273 g/mol. The summed E-state index contributed by atoms with van der Waals surface area (Å²) in [5, 5.41) is 6.22. The standard InChI is InChI=1S/C11H13F2N3O3/c1-19-11(18)8-2-7(8)10(17)15-6-3-14-16(4-6)5-9(12)13/h3-4,7-9H,2,5H2,1H3,(H,15,17)/t7-,8+/m0/s1. The van der Waals surface area contributed by atoms with Gasteiger partial charge in [0.1, 0.15) is 6.54 Å². The Morgan fingerprint density at radius 1 is 1.58 bits per heavy atom. The van der Waals surface area contributed by atoms with Crippen LogP contribution >= 0.6 is 0 Å². The second-order valence-corrected chi connectivity index (χ2v) is 4.30. The number of aromatic nitrogens is 2. The summed E-state index contributed by atoms with van der Waals surface area (Å²) in [6.07, 6.45) is 0.551. The smallest absolute Gasteiger partial charge is 0.309 e. The van der Waals surface area contributed by atoms with Gasteiger partial charge in [-0.05, 0) is 6.42 Å². The Morgan fingerprint density at radius 3 is 2.95 bits per heavy atom. The first-order valence-electron chi connectivity index (χ1n) is 5.70. The number of halogens is 2. The highest BCUT2D eigenvalue weighted by Gasteiger charge is 2.49. The zero-order valence-electron chi connectivity index (χ0n) is 10.2. The molecule has 1 aromatic rings. The number of carbonyl (C=O) groups is 2. The number of amides is 1. The van der Waals surface area contributed by atoms with Crippen molar-refractivity contribution in [2.24, 2.45) is 11.8 Å². The summed E-state index contributed by atoms with van der Waals surface area (Å²) in [5.74, 6) is -1.55. The lowest BCUT2D eigenvalue weighted by atomic mass is 10.3. The van der Waals surface area contributed by atoms with Crippen molar-refractivity contribution in [3.05, 3.63) is 12.4 Å². The van der Waals surface area contributed by atoms with E-state index in [9.17, 15) is 18.4 Å². The van der Waals surface area contributed by atoms with Crippen LogP contribution < -0.4 is 5.32 Å². The molecule has 1 aliphatic rings. The topological polar surface area (TPSA) is 73.2 Å². The van der Waals surface area contributed by atoms with Gasteiger partial charge in [0.25, 0.3) is 6.43 Å². The van der Waals surface area contributed by atoms with Crippen molar-refractivity contribution in [3.63, 3.8) is 0 Å². The van der Waals surface area contributed by atoms with Crippen LogP contribution in [0.15, 0.2) is 12.4 Å². The Hall–Kier alpha value is -1.99. The molecule has 6 nitrogen and oxygen atoms in total. The van der Waals surface area contributed by atoms with Gasteiger partial charge in [-0.15, -0.1) is 0 Å². The summed E-state index contributed by atoms with van der Waals surface area (Å²) in [5.41, 5.74) is 0.334. The molecule has 0 saturated heterocycles.